The van der Waals surface area contributed by atoms with Gasteiger partial charge in [0, 0.05) is 18.6 Å². The van der Waals surface area contributed by atoms with Crippen molar-refractivity contribution in [3.63, 3.8) is 0 Å². The maximum Gasteiger partial charge on any atom is 0.244 e. The Labute approximate surface area is 186 Å². The quantitative estimate of drug-likeness (QED) is 0.611. The molecule has 1 atom stereocenters. The van der Waals surface area contributed by atoms with Crippen molar-refractivity contribution < 1.29 is 22.4 Å². The molecule has 0 spiro atoms. The number of carbonyl (C=O) groups excluding carboxylic acids is 2. The number of anilines is 1. The lowest BCUT2D eigenvalue weighted by atomic mass is 10.1. The van der Waals surface area contributed by atoms with Gasteiger partial charge in [0.25, 0.3) is 0 Å². The molecule has 7 nitrogen and oxygen atoms in total. The number of carbonyl (C=O) groups is 2. The number of hydrogen-bond donors (Lipinski definition) is 1. The third-order valence-corrected chi connectivity index (χ3v) is 6.08. The molecule has 0 unspecified atom stereocenters. The van der Waals surface area contributed by atoms with E-state index in [1.165, 1.54) is 24.1 Å². The number of sulfonamides is 1. The fraction of sp³-hybridized carbons (Fsp3) is 0.333. The molecular formula is C21H25ClFN3O4S. The average Bonchev–Trinajstić information content (AvgIpc) is 2.72. The Morgan fingerprint density at radius 3 is 2.16 bits per heavy atom. The summed E-state index contributed by atoms with van der Waals surface area (Å²) >= 11 is 5.93. The van der Waals surface area contributed by atoms with Crippen LogP contribution < -0.4 is 9.62 Å². The van der Waals surface area contributed by atoms with Crippen LogP contribution in [0, 0.1) is 5.82 Å². The first kappa shape index (κ1) is 24.6. The number of likely N-dealkylation sites (N-methyl/N-ethyl adjacent to an activating group) is 1. The second kappa shape index (κ2) is 10.6. The van der Waals surface area contributed by atoms with Gasteiger partial charge in [-0.3, -0.25) is 13.9 Å². The summed E-state index contributed by atoms with van der Waals surface area (Å²) in [5.41, 5.74) is 0.879. The van der Waals surface area contributed by atoms with Crippen LogP contribution in [-0.2, 0) is 26.2 Å². The number of hydrogen-bond acceptors (Lipinski definition) is 4. The van der Waals surface area contributed by atoms with Crippen LogP contribution in [0.4, 0.5) is 10.1 Å². The van der Waals surface area contributed by atoms with Crippen molar-refractivity contribution in [2.45, 2.75) is 25.9 Å². The first-order valence-corrected chi connectivity index (χ1v) is 11.8. The SMILES string of the molecule is CC[C@H](C(=O)NC)N(Cc1ccc(Cl)cc1)C(=O)CN(c1ccc(F)cc1)S(C)(=O)=O. The molecule has 0 aromatic heterocycles. The van der Waals surface area contributed by atoms with E-state index in [4.69, 9.17) is 11.6 Å². The van der Waals surface area contributed by atoms with Gasteiger partial charge in [-0.25, -0.2) is 12.8 Å². The predicted molar refractivity (Wildman–Crippen MR) is 119 cm³/mol. The Bertz CT molecular complexity index is 1010. The summed E-state index contributed by atoms with van der Waals surface area (Å²) in [5.74, 6) is -1.46. The monoisotopic (exact) mass is 469 g/mol. The second-order valence-electron chi connectivity index (χ2n) is 6.93. The van der Waals surface area contributed by atoms with Crippen LogP contribution >= 0.6 is 11.6 Å². The molecule has 31 heavy (non-hydrogen) atoms. The molecule has 2 aromatic carbocycles. The molecule has 0 aliphatic carbocycles. The average molecular weight is 470 g/mol. The lowest BCUT2D eigenvalue weighted by Crippen LogP contribution is -2.51. The minimum Gasteiger partial charge on any atom is -0.357 e. The Kier molecular flexibility index (Phi) is 8.41. The second-order valence-corrected chi connectivity index (χ2v) is 9.28. The minimum absolute atomic E-state index is 0.0863. The summed E-state index contributed by atoms with van der Waals surface area (Å²) in [7, 11) is -2.38. The first-order chi connectivity index (χ1) is 14.6. The maximum atomic E-state index is 13.3. The van der Waals surface area contributed by atoms with Gasteiger partial charge in [0.2, 0.25) is 21.8 Å². The molecule has 0 radical (unpaired) electrons. The summed E-state index contributed by atoms with van der Waals surface area (Å²) in [6.07, 6.45) is 1.29. The predicted octanol–water partition coefficient (Wildman–Crippen LogP) is 2.80. The van der Waals surface area contributed by atoms with E-state index in [-0.39, 0.29) is 18.1 Å². The largest absolute Gasteiger partial charge is 0.357 e. The van der Waals surface area contributed by atoms with Crippen molar-refractivity contribution in [3.05, 3.63) is 64.9 Å². The van der Waals surface area contributed by atoms with E-state index in [9.17, 15) is 22.4 Å². The van der Waals surface area contributed by atoms with Crippen LogP contribution in [0.2, 0.25) is 5.02 Å². The van der Waals surface area contributed by atoms with E-state index in [0.29, 0.717) is 11.4 Å². The van der Waals surface area contributed by atoms with Crippen LogP contribution in [0.1, 0.15) is 18.9 Å². The fourth-order valence-corrected chi connectivity index (χ4v) is 4.07. The molecule has 2 aromatic rings. The number of amides is 2. The van der Waals surface area contributed by atoms with Crippen LogP contribution in [0.25, 0.3) is 0 Å². The van der Waals surface area contributed by atoms with Gasteiger partial charge in [0.1, 0.15) is 18.4 Å². The normalized spacial score (nSPS) is 12.2. The molecule has 10 heteroatoms. The third kappa shape index (κ3) is 6.67. The number of nitrogens with one attached hydrogen (secondary N) is 1. The van der Waals surface area contributed by atoms with E-state index in [1.54, 1.807) is 31.2 Å². The summed E-state index contributed by atoms with van der Waals surface area (Å²) in [4.78, 5) is 27.0. The van der Waals surface area contributed by atoms with Gasteiger partial charge in [-0.2, -0.15) is 0 Å². The lowest BCUT2D eigenvalue weighted by molar-refractivity contribution is -0.140. The smallest absolute Gasteiger partial charge is 0.244 e. The highest BCUT2D eigenvalue weighted by atomic mass is 35.5. The molecule has 2 amide bonds. The van der Waals surface area contributed by atoms with E-state index in [0.717, 1.165) is 28.3 Å². The van der Waals surface area contributed by atoms with Gasteiger partial charge < -0.3 is 10.2 Å². The Balaban J connectivity index is 2.40. The standard InChI is InChI=1S/C21H25ClFN3O4S/c1-4-19(21(28)24-2)25(13-15-5-7-16(22)8-6-15)20(27)14-26(31(3,29)30)18-11-9-17(23)10-12-18/h5-12,19H,4,13-14H2,1-3H3,(H,24,28)/t19-/m1/s1. The number of halogens is 2. The molecule has 168 valence electrons. The maximum absolute atomic E-state index is 13.3. The number of benzene rings is 2. The number of nitrogens with zero attached hydrogens (tertiary/aromatic N) is 2. The molecule has 0 aliphatic heterocycles. The summed E-state index contributed by atoms with van der Waals surface area (Å²) in [5, 5.41) is 3.07. The highest BCUT2D eigenvalue weighted by molar-refractivity contribution is 7.92. The molecule has 0 saturated carbocycles. The minimum atomic E-state index is -3.85. The third-order valence-electron chi connectivity index (χ3n) is 4.69. The van der Waals surface area contributed by atoms with Crippen molar-refractivity contribution in [2.75, 3.05) is 24.2 Å². The lowest BCUT2D eigenvalue weighted by Gasteiger charge is -2.32. The topological polar surface area (TPSA) is 86.8 Å². The van der Waals surface area contributed by atoms with Gasteiger partial charge >= 0.3 is 0 Å². The first-order valence-electron chi connectivity index (χ1n) is 9.55. The van der Waals surface area contributed by atoms with Crippen molar-refractivity contribution in [1.82, 2.24) is 10.2 Å². The highest BCUT2D eigenvalue weighted by Gasteiger charge is 2.31. The molecule has 0 saturated heterocycles. The van der Waals surface area contributed by atoms with Crippen molar-refractivity contribution in [1.29, 1.82) is 0 Å². The summed E-state index contributed by atoms with van der Waals surface area (Å²) in [6.45, 7) is 1.31. The van der Waals surface area contributed by atoms with E-state index >= 15 is 0 Å². The van der Waals surface area contributed by atoms with Crippen molar-refractivity contribution in [3.8, 4) is 0 Å². The summed E-state index contributed by atoms with van der Waals surface area (Å²) in [6, 6.07) is 10.8. The van der Waals surface area contributed by atoms with E-state index in [1.807, 2.05) is 0 Å². The van der Waals surface area contributed by atoms with Crippen molar-refractivity contribution in [2.24, 2.45) is 0 Å². The number of rotatable bonds is 9. The molecule has 0 fully saturated rings. The van der Waals surface area contributed by atoms with E-state index in [2.05, 4.69) is 5.32 Å². The van der Waals surface area contributed by atoms with Gasteiger partial charge in [0.05, 0.1) is 11.9 Å². The molecule has 0 bridgehead atoms. The molecule has 2 rings (SSSR count). The van der Waals surface area contributed by atoms with E-state index < -0.39 is 34.3 Å². The highest BCUT2D eigenvalue weighted by Crippen LogP contribution is 2.20. The van der Waals surface area contributed by atoms with Crippen LogP contribution in [0.3, 0.4) is 0 Å². The van der Waals surface area contributed by atoms with Crippen LogP contribution in [0.5, 0.6) is 0 Å². The van der Waals surface area contributed by atoms with Gasteiger partial charge in [-0.1, -0.05) is 30.7 Å². The fourth-order valence-electron chi connectivity index (χ4n) is 3.09. The zero-order valence-electron chi connectivity index (χ0n) is 17.5. The Morgan fingerprint density at radius 2 is 1.68 bits per heavy atom. The molecule has 0 heterocycles. The van der Waals surface area contributed by atoms with Gasteiger partial charge in [-0.05, 0) is 48.4 Å². The van der Waals surface area contributed by atoms with Crippen molar-refractivity contribution >= 4 is 39.1 Å². The van der Waals surface area contributed by atoms with Gasteiger partial charge in [0.15, 0.2) is 0 Å². The Hall–Kier alpha value is -2.65. The molecular weight excluding hydrogens is 445 g/mol. The molecule has 0 aliphatic rings. The van der Waals surface area contributed by atoms with Crippen LogP contribution in [-0.4, -0.2) is 51.0 Å². The summed E-state index contributed by atoms with van der Waals surface area (Å²) < 4.78 is 38.9. The van der Waals surface area contributed by atoms with Gasteiger partial charge in [-0.15, -0.1) is 0 Å². The van der Waals surface area contributed by atoms with Crippen LogP contribution in [0.15, 0.2) is 48.5 Å². The zero-order chi connectivity index (χ0) is 23.2. The zero-order valence-corrected chi connectivity index (χ0v) is 19.1. The molecule has 1 N–H and O–H groups in total. The Morgan fingerprint density at radius 1 is 1.10 bits per heavy atom.